The normalized spacial score (nSPS) is 27.0. The summed E-state index contributed by atoms with van der Waals surface area (Å²) < 4.78 is 0. The summed E-state index contributed by atoms with van der Waals surface area (Å²) in [6, 6.07) is 5.82. The molecule has 19 heavy (non-hydrogen) atoms. The minimum Gasteiger partial charge on any atom is -0.478 e. The maximum Gasteiger partial charge on any atom is 0.337 e. The quantitative estimate of drug-likeness (QED) is 0.866. The number of carboxylic acid groups (broad SMARTS) is 1. The van der Waals surface area contributed by atoms with E-state index in [-0.39, 0.29) is 0 Å². The number of hydrogen-bond acceptors (Lipinski definition) is 2. The molecule has 1 aromatic carbocycles. The molecule has 0 heterocycles. The van der Waals surface area contributed by atoms with E-state index in [1.54, 1.807) is 12.1 Å². The van der Waals surface area contributed by atoms with Crippen molar-refractivity contribution >= 4 is 11.7 Å². The summed E-state index contributed by atoms with van der Waals surface area (Å²) in [5, 5.41) is 12.8. The van der Waals surface area contributed by atoms with E-state index in [0.29, 0.717) is 17.5 Å². The number of nitrogens with one attached hydrogen (secondary N) is 1. The summed E-state index contributed by atoms with van der Waals surface area (Å²) in [4.78, 5) is 11.3. The minimum atomic E-state index is -0.858. The lowest BCUT2D eigenvalue weighted by Crippen LogP contribution is -2.33. The van der Waals surface area contributed by atoms with Gasteiger partial charge in [0.05, 0.1) is 11.3 Å². The number of aryl methyl sites for hydroxylation is 1. The van der Waals surface area contributed by atoms with Crippen molar-refractivity contribution in [1.29, 1.82) is 0 Å². The van der Waals surface area contributed by atoms with Gasteiger partial charge in [-0.15, -0.1) is 0 Å². The molecule has 0 aliphatic heterocycles. The van der Waals surface area contributed by atoms with Gasteiger partial charge in [0.2, 0.25) is 0 Å². The number of para-hydroxylation sites is 1. The van der Waals surface area contributed by atoms with Crippen LogP contribution in [0.4, 0.5) is 5.69 Å². The number of rotatable bonds is 3. The monoisotopic (exact) mass is 261 g/mol. The van der Waals surface area contributed by atoms with Crippen LogP contribution in [-0.2, 0) is 0 Å². The average molecular weight is 261 g/mol. The summed E-state index contributed by atoms with van der Waals surface area (Å²) in [6.45, 7) is 6.51. The fourth-order valence-electron chi connectivity index (χ4n) is 3.10. The summed E-state index contributed by atoms with van der Waals surface area (Å²) in [7, 11) is 0. The van der Waals surface area contributed by atoms with Crippen molar-refractivity contribution in [3.05, 3.63) is 29.3 Å². The third kappa shape index (κ3) is 3.09. The van der Waals surface area contributed by atoms with Crippen molar-refractivity contribution in [3.8, 4) is 0 Å². The molecule has 3 atom stereocenters. The standard InChI is InChI=1S/C16H23NO2/c1-10-7-8-14(12(3)9-10)17-15-11(2)5-4-6-13(15)16(18)19/h4-6,10,12,14,17H,7-9H2,1-3H3,(H,18,19). The lowest BCUT2D eigenvalue weighted by Gasteiger charge is -2.34. The first-order valence-corrected chi connectivity index (χ1v) is 7.08. The average Bonchev–Trinajstić information content (AvgIpc) is 2.34. The van der Waals surface area contributed by atoms with Crippen LogP contribution >= 0.6 is 0 Å². The smallest absolute Gasteiger partial charge is 0.337 e. The Labute approximate surface area is 115 Å². The maximum absolute atomic E-state index is 11.3. The zero-order valence-corrected chi connectivity index (χ0v) is 11.9. The molecule has 1 aliphatic carbocycles. The van der Waals surface area contributed by atoms with Gasteiger partial charge in [-0.25, -0.2) is 4.79 Å². The van der Waals surface area contributed by atoms with Crippen LogP contribution in [0.25, 0.3) is 0 Å². The Balaban J connectivity index is 2.21. The van der Waals surface area contributed by atoms with Crippen molar-refractivity contribution in [2.45, 2.75) is 46.1 Å². The molecule has 1 aliphatic rings. The van der Waals surface area contributed by atoms with E-state index < -0.39 is 5.97 Å². The third-order valence-electron chi connectivity index (χ3n) is 4.26. The van der Waals surface area contributed by atoms with Crippen molar-refractivity contribution in [1.82, 2.24) is 0 Å². The van der Waals surface area contributed by atoms with Crippen LogP contribution in [0.15, 0.2) is 18.2 Å². The fourth-order valence-corrected chi connectivity index (χ4v) is 3.10. The van der Waals surface area contributed by atoms with E-state index in [0.717, 1.165) is 23.6 Å². The zero-order valence-electron chi connectivity index (χ0n) is 11.9. The van der Waals surface area contributed by atoms with Crippen molar-refractivity contribution in [2.75, 3.05) is 5.32 Å². The van der Waals surface area contributed by atoms with Gasteiger partial charge in [0.25, 0.3) is 0 Å². The molecule has 0 amide bonds. The van der Waals surface area contributed by atoms with Crippen molar-refractivity contribution < 1.29 is 9.90 Å². The van der Waals surface area contributed by atoms with Gasteiger partial charge in [0, 0.05) is 6.04 Å². The predicted octanol–water partition coefficient (Wildman–Crippen LogP) is 3.93. The molecule has 0 bridgehead atoms. The number of aromatic carboxylic acids is 1. The summed E-state index contributed by atoms with van der Waals surface area (Å²) in [6.07, 6.45) is 3.55. The molecule has 0 radical (unpaired) electrons. The number of anilines is 1. The largest absolute Gasteiger partial charge is 0.478 e. The number of carbonyl (C=O) groups is 1. The first-order valence-electron chi connectivity index (χ1n) is 7.08. The van der Waals surface area contributed by atoms with Gasteiger partial charge in [0.15, 0.2) is 0 Å². The molecule has 2 rings (SSSR count). The van der Waals surface area contributed by atoms with Crippen molar-refractivity contribution in [3.63, 3.8) is 0 Å². The van der Waals surface area contributed by atoms with E-state index in [1.165, 1.54) is 12.8 Å². The summed E-state index contributed by atoms with van der Waals surface area (Å²) in [5.74, 6) is 0.511. The van der Waals surface area contributed by atoms with E-state index in [1.807, 2.05) is 13.0 Å². The van der Waals surface area contributed by atoms with Crippen LogP contribution < -0.4 is 5.32 Å². The molecule has 3 nitrogen and oxygen atoms in total. The highest BCUT2D eigenvalue weighted by Gasteiger charge is 2.26. The van der Waals surface area contributed by atoms with Gasteiger partial charge in [0.1, 0.15) is 0 Å². The zero-order chi connectivity index (χ0) is 14.0. The molecular weight excluding hydrogens is 238 g/mol. The van der Waals surface area contributed by atoms with Gasteiger partial charge >= 0.3 is 5.97 Å². The van der Waals surface area contributed by atoms with Gasteiger partial charge in [-0.3, -0.25) is 0 Å². The first-order chi connectivity index (χ1) is 8.99. The maximum atomic E-state index is 11.3. The highest BCUT2D eigenvalue weighted by Crippen LogP contribution is 2.32. The molecule has 2 N–H and O–H groups in total. The lowest BCUT2D eigenvalue weighted by molar-refractivity contribution is 0.0697. The van der Waals surface area contributed by atoms with Gasteiger partial charge in [-0.05, 0) is 49.7 Å². The van der Waals surface area contributed by atoms with Crippen LogP contribution in [0.2, 0.25) is 0 Å². The molecule has 1 fully saturated rings. The van der Waals surface area contributed by atoms with Crippen LogP contribution in [-0.4, -0.2) is 17.1 Å². The molecule has 104 valence electrons. The Bertz CT molecular complexity index is 470. The van der Waals surface area contributed by atoms with E-state index in [9.17, 15) is 9.90 Å². The lowest BCUT2D eigenvalue weighted by atomic mass is 9.79. The SMILES string of the molecule is Cc1cccc(C(=O)O)c1NC1CCC(C)CC1C. The molecule has 3 unspecified atom stereocenters. The van der Waals surface area contributed by atoms with Crippen LogP contribution in [0.3, 0.4) is 0 Å². The van der Waals surface area contributed by atoms with Gasteiger partial charge < -0.3 is 10.4 Å². The van der Waals surface area contributed by atoms with E-state index in [2.05, 4.69) is 19.2 Å². The Hall–Kier alpha value is -1.51. The number of hydrogen-bond donors (Lipinski definition) is 2. The second kappa shape index (κ2) is 5.64. The van der Waals surface area contributed by atoms with Gasteiger partial charge in [-0.2, -0.15) is 0 Å². The van der Waals surface area contributed by atoms with Crippen LogP contribution in [0, 0.1) is 18.8 Å². The third-order valence-corrected chi connectivity index (χ3v) is 4.26. The topological polar surface area (TPSA) is 49.3 Å². The molecule has 0 saturated heterocycles. The molecule has 1 aromatic rings. The first kappa shape index (κ1) is 13.9. The Morgan fingerprint density at radius 3 is 2.68 bits per heavy atom. The highest BCUT2D eigenvalue weighted by molar-refractivity contribution is 5.95. The van der Waals surface area contributed by atoms with E-state index in [4.69, 9.17) is 0 Å². The molecule has 0 spiro atoms. The second-order valence-electron chi connectivity index (χ2n) is 5.95. The summed E-state index contributed by atoms with van der Waals surface area (Å²) >= 11 is 0. The fraction of sp³-hybridized carbons (Fsp3) is 0.562. The highest BCUT2D eigenvalue weighted by atomic mass is 16.4. The second-order valence-corrected chi connectivity index (χ2v) is 5.95. The van der Waals surface area contributed by atoms with Crippen LogP contribution in [0.5, 0.6) is 0 Å². The molecule has 0 aromatic heterocycles. The van der Waals surface area contributed by atoms with Crippen molar-refractivity contribution in [2.24, 2.45) is 11.8 Å². The number of benzene rings is 1. The van der Waals surface area contributed by atoms with Crippen LogP contribution in [0.1, 0.15) is 49.0 Å². The van der Waals surface area contributed by atoms with E-state index >= 15 is 0 Å². The molecular formula is C16H23NO2. The Morgan fingerprint density at radius 2 is 2.05 bits per heavy atom. The number of carboxylic acids is 1. The molecule has 1 saturated carbocycles. The Kier molecular flexibility index (Phi) is 4.13. The van der Waals surface area contributed by atoms with Gasteiger partial charge in [-0.1, -0.05) is 26.0 Å². The molecule has 3 heteroatoms. The Morgan fingerprint density at radius 1 is 1.32 bits per heavy atom. The summed E-state index contributed by atoms with van der Waals surface area (Å²) in [5.41, 5.74) is 2.18. The minimum absolute atomic E-state index is 0.380. The predicted molar refractivity (Wildman–Crippen MR) is 77.7 cm³/mol.